The summed E-state index contributed by atoms with van der Waals surface area (Å²) >= 11 is 3.75. The molecule has 0 saturated carbocycles. The second kappa shape index (κ2) is 14.9. The molecule has 1 aromatic carbocycles. The number of aromatic carboxylic acids is 1. The maximum Gasteiger partial charge on any atom is 0.337 e. The van der Waals surface area contributed by atoms with Crippen LogP contribution >= 0.6 is 15.9 Å². The quantitative estimate of drug-likeness (QED) is 0.136. The molecule has 1 rings (SSSR count). The molecular weight excluding hydrogens is 450 g/mol. The molecule has 0 aliphatic rings. The number of nitrogen functional groups attached to an aromatic ring is 1. The molecule has 0 heterocycles. The first kappa shape index (κ1) is 28.0. The number of carboxylic acid groups (broad SMARTS) is 1. The molecule has 4 heteroatoms. The smallest absolute Gasteiger partial charge is 0.337 e. The van der Waals surface area contributed by atoms with Crippen LogP contribution in [0.25, 0.3) is 0 Å². The van der Waals surface area contributed by atoms with Crippen molar-refractivity contribution in [3.05, 3.63) is 29.3 Å². The van der Waals surface area contributed by atoms with E-state index < -0.39 is 5.97 Å². The lowest BCUT2D eigenvalue weighted by Crippen LogP contribution is -2.10. The van der Waals surface area contributed by atoms with Gasteiger partial charge in [-0.05, 0) is 55.1 Å². The summed E-state index contributed by atoms with van der Waals surface area (Å²) in [6, 6.07) is 5.48. The lowest BCUT2D eigenvalue weighted by Gasteiger charge is -2.21. The first-order chi connectivity index (χ1) is 14.7. The number of rotatable bonds is 16. The van der Waals surface area contributed by atoms with E-state index in [2.05, 4.69) is 43.6 Å². The van der Waals surface area contributed by atoms with Gasteiger partial charge < -0.3 is 10.8 Å². The van der Waals surface area contributed by atoms with Crippen molar-refractivity contribution in [2.24, 2.45) is 5.41 Å². The van der Waals surface area contributed by atoms with Crippen molar-refractivity contribution >= 4 is 27.6 Å². The third-order valence-corrected chi connectivity index (χ3v) is 7.42. The summed E-state index contributed by atoms with van der Waals surface area (Å²) in [7, 11) is 0. The minimum atomic E-state index is -0.937. The Morgan fingerprint density at radius 2 is 1.55 bits per heavy atom. The summed E-state index contributed by atoms with van der Waals surface area (Å²) in [6.45, 7) is 9.17. The van der Waals surface area contributed by atoms with E-state index in [1.807, 2.05) is 12.1 Å². The van der Waals surface area contributed by atoms with Crippen molar-refractivity contribution in [2.75, 3.05) is 5.73 Å². The molecule has 31 heavy (non-hydrogen) atoms. The Bertz CT molecular complexity index is 639. The van der Waals surface area contributed by atoms with E-state index in [0.717, 1.165) is 31.2 Å². The second-order valence-corrected chi connectivity index (χ2v) is 11.6. The van der Waals surface area contributed by atoms with Crippen LogP contribution in [0, 0.1) is 5.41 Å². The van der Waals surface area contributed by atoms with Gasteiger partial charge >= 0.3 is 5.97 Å². The molecule has 3 N–H and O–H groups in total. The van der Waals surface area contributed by atoms with Gasteiger partial charge in [0.15, 0.2) is 0 Å². The molecule has 0 saturated heterocycles. The van der Waals surface area contributed by atoms with E-state index in [4.69, 9.17) is 5.73 Å². The Labute approximate surface area is 199 Å². The molecule has 0 aromatic heterocycles. The highest BCUT2D eigenvalue weighted by Gasteiger charge is 2.19. The van der Waals surface area contributed by atoms with Gasteiger partial charge in [-0.15, -0.1) is 0 Å². The van der Waals surface area contributed by atoms with Crippen LogP contribution in [0.1, 0.15) is 133 Å². The third-order valence-electron chi connectivity index (χ3n) is 6.31. The van der Waals surface area contributed by atoms with Gasteiger partial charge in [0.2, 0.25) is 0 Å². The van der Waals surface area contributed by atoms with Crippen molar-refractivity contribution in [1.82, 2.24) is 0 Å². The van der Waals surface area contributed by atoms with Gasteiger partial charge in [-0.3, -0.25) is 0 Å². The Kier molecular flexibility index (Phi) is 13.5. The Morgan fingerprint density at radius 1 is 0.968 bits per heavy atom. The largest absolute Gasteiger partial charge is 0.478 e. The van der Waals surface area contributed by atoms with Crippen LogP contribution in [0.5, 0.6) is 0 Å². The molecule has 0 spiro atoms. The zero-order valence-electron chi connectivity index (χ0n) is 20.4. The normalized spacial score (nSPS) is 13.8. The number of hydrogen-bond acceptors (Lipinski definition) is 2. The van der Waals surface area contributed by atoms with Crippen molar-refractivity contribution in [1.29, 1.82) is 0 Å². The SMILES string of the molecule is CCC(Br)CCC(CCCCCCCCCCC(C)(C)C)c1cccc(C(=O)O)c1N. The van der Waals surface area contributed by atoms with Crippen molar-refractivity contribution in [2.45, 2.75) is 122 Å². The van der Waals surface area contributed by atoms with E-state index in [-0.39, 0.29) is 5.56 Å². The van der Waals surface area contributed by atoms with Crippen LogP contribution in [0.3, 0.4) is 0 Å². The molecule has 0 bridgehead atoms. The third kappa shape index (κ3) is 12.0. The summed E-state index contributed by atoms with van der Waals surface area (Å²) in [5.74, 6) is -0.601. The Hall–Kier alpha value is -1.03. The summed E-state index contributed by atoms with van der Waals surface area (Å²) in [6.07, 6.45) is 16.2. The maximum atomic E-state index is 11.5. The monoisotopic (exact) mass is 495 g/mol. The van der Waals surface area contributed by atoms with E-state index in [1.165, 1.54) is 57.8 Å². The zero-order valence-corrected chi connectivity index (χ0v) is 22.0. The first-order valence-corrected chi connectivity index (χ1v) is 13.3. The number of carbonyl (C=O) groups is 1. The highest BCUT2D eigenvalue weighted by molar-refractivity contribution is 9.09. The topological polar surface area (TPSA) is 63.3 Å². The number of nitrogens with two attached hydrogens (primary N) is 1. The standard InChI is InChI=1S/C27H46BrNO2/c1-5-22(28)19-18-21(23-16-14-17-24(25(23)29)26(30)31)15-12-10-8-6-7-9-11-13-20-27(2,3)4/h14,16-17,21-22H,5-13,15,18-20,29H2,1-4H3,(H,30,31). The van der Waals surface area contributed by atoms with Gasteiger partial charge in [0.05, 0.1) is 5.56 Å². The first-order valence-electron chi connectivity index (χ1n) is 12.4. The predicted octanol–water partition coefficient (Wildman–Crippen LogP) is 8.95. The van der Waals surface area contributed by atoms with E-state index in [0.29, 0.717) is 21.8 Å². The average Bonchev–Trinajstić information content (AvgIpc) is 2.70. The zero-order chi connectivity index (χ0) is 23.3. The summed E-state index contributed by atoms with van der Waals surface area (Å²) in [5.41, 5.74) is 8.45. The number of para-hydroxylation sites is 1. The van der Waals surface area contributed by atoms with Gasteiger partial charge in [0, 0.05) is 10.5 Å². The Balaban J connectivity index is 2.45. The minimum absolute atomic E-state index is 0.236. The van der Waals surface area contributed by atoms with Gasteiger partial charge in [-0.25, -0.2) is 4.79 Å². The van der Waals surface area contributed by atoms with E-state index >= 15 is 0 Å². The molecule has 0 amide bonds. The predicted molar refractivity (Wildman–Crippen MR) is 138 cm³/mol. The van der Waals surface area contributed by atoms with E-state index in [1.54, 1.807) is 6.07 Å². The number of benzene rings is 1. The molecule has 0 aliphatic carbocycles. The van der Waals surface area contributed by atoms with Crippen LogP contribution in [0.15, 0.2) is 18.2 Å². The molecule has 2 unspecified atom stereocenters. The lowest BCUT2D eigenvalue weighted by atomic mass is 9.86. The van der Waals surface area contributed by atoms with Crippen molar-refractivity contribution in [3.63, 3.8) is 0 Å². The molecule has 3 nitrogen and oxygen atoms in total. The molecule has 178 valence electrons. The summed E-state index contributed by atoms with van der Waals surface area (Å²) in [5, 5.41) is 9.43. The van der Waals surface area contributed by atoms with Crippen molar-refractivity contribution < 1.29 is 9.90 Å². The fourth-order valence-corrected chi connectivity index (χ4v) is 4.54. The minimum Gasteiger partial charge on any atom is -0.478 e. The fraction of sp³-hybridized carbons (Fsp3) is 0.741. The number of carboxylic acids is 1. The number of anilines is 1. The second-order valence-electron chi connectivity index (χ2n) is 10.3. The molecular formula is C27H46BrNO2. The summed E-state index contributed by atoms with van der Waals surface area (Å²) in [4.78, 5) is 12.0. The molecule has 2 atom stereocenters. The highest BCUT2D eigenvalue weighted by Crippen LogP contribution is 2.34. The summed E-state index contributed by atoms with van der Waals surface area (Å²) < 4.78 is 0. The molecule has 1 aromatic rings. The number of hydrogen-bond donors (Lipinski definition) is 2. The number of unbranched alkanes of at least 4 members (excludes halogenated alkanes) is 7. The van der Waals surface area contributed by atoms with Gasteiger partial charge in [0.25, 0.3) is 0 Å². The Morgan fingerprint density at radius 3 is 2.10 bits per heavy atom. The highest BCUT2D eigenvalue weighted by atomic mass is 79.9. The van der Waals surface area contributed by atoms with Crippen LogP contribution in [0.2, 0.25) is 0 Å². The van der Waals surface area contributed by atoms with Crippen LogP contribution < -0.4 is 5.73 Å². The van der Waals surface area contributed by atoms with Gasteiger partial charge in [-0.2, -0.15) is 0 Å². The van der Waals surface area contributed by atoms with Crippen LogP contribution in [-0.2, 0) is 0 Å². The lowest BCUT2D eigenvalue weighted by molar-refractivity contribution is 0.0698. The fourth-order valence-electron chi connectivity index (χ4n) is 4.27. The molecule has 0 fully saturated rings. The van der Waals surface area contributed by atoms with Crippen LogP contribution in [0.4, 0.5) is 5.69 Å². The molecule has 0 radical (unpaired) electrons. The number of alkyl halides is 1. The molecule has 0 aliphatic heterocycles. The maximum absolute atomic E-state index is 11.5. The number of halogens is 1. The van der Waals surface area contributed by atoms with E-state index in [9.17, 15) is 9.90 Å². The van der Waals surface area contributed by atoms with Crippen LogP contribution in [-0.4, -0.2) is 15.9 Å². The van der Waals surface area contributed by atoms with Gasteiger partial charge in [-0.1, -0.05) is 107 Å². The average molecular weight is 497 g/mol. The van der Waals surface area contributed by atoms with Crippen molar-refractivity contribution in [3.8, 4) is 0 Å². The van der Waals surface area contributed by atoms with Gasteiger partial charge in [0.1, 0.15) is 0 Å².